The Labute approximate surface area is 124 Å². The normalized spacial score (nSPS) is 14.7. The molecule has 1 aliphatic carbocycles. The van der Waals surface area contributed by atoms with Crippen molar-refractivity contribution >= 4 is 21.6 Å². The first-order valence-electron chi connectivity index (χ1n) is 7.00. The molecule has 0 saturated heterocycles. The van der Waals surface area contributed by atoms with E-state index < -0.39 is 10.0 Å². The lowest BCUT2D eigenvalue weighted by Crippen LogP contribution is -2.35. The molecule has 1 aromatic heterocycles. The minimum absolute atomic E-state index is 0.00362. The molecule has 0 radical (unpaired) electrons. The van der Waals surface area contributed by atoms with Gasteiger partial charge in [0.25, 0.3) is 0 Å². The van der Waals surface area contributed by atoms with Crippen LogP contribution >= 0.6 is 0 Å². The molecular formula is C13H20N4O3S. The lowest BCUT2D eigenvalue weighted by Gasteiger charge is -2.12. The van der Waals surface area contributed by atoms with E-state index in [0.717, 1.165) is 12.8 Å². The molecule has 1 fully saturated rings. The van der Waals surface area contributed by atoms with Crippen LogP contribution in [0.15, 0.2) is 23.4 Å². The third-order valence-corrected chi connectivity index (χ3v) is 4.59. The van der Waals surface area contributed by atoms with E-state index >= 15 is 0 Å². The zero-order chi connectivity index (χ0) is 15.3. The van der Waals surface area contributed by atoms with Crippen LogP contribution < -0.4 is 15.4 Å². The zero-order valence-electron chi connectivity index (χ0n) is 11.9. The van der Waals surface area contributed by atoms with Gasteiger partial charge < -0.3 is 10.6 Å². The Morgan fingerprint density at radius 3 is 2.81 bits per heavy atom. The summed E-state index contributed by atoms with van der Waals surface area (Å²) in [7, 11) is -3.64. The summed E-state index contributed by atoms with van der Waals surface area (Å²) in [6, 6.07) is 1.62. The molecule has 8 heteroatoms. The molecule has 116 valence electrons. The molecule has 2 rings (SSSR count). The van der Waals surface area contributed by atoms with Crippen LogP contribution in [0.3, 0.4) is 0 Å². The van der Waals surface area contributed by atoms with Crippen LogP contribution in [0.2, 0.25) is 0 Å². The van der Waals surface area contributed by atoms with Crippen molar-refractivity contribution in [1.82, 2.24) is 15.0 Å². The largest absolute Gasteiger partial charge is 0.384 e. The minimum atomic E-state index is -3.64. The summed E-state index contributed by atoms with van der Waals surface area (Å²) in [5, 5.41) is 5.70. The number of carbonyl (C=O) groups is 1. The maximum absolute atomic E-state index is 12.2. The van der Waals surface area contributed by atoms with Crippen molar-refractivity contribution in [2.75, 3.05) is 25.0 Å². The van der Waals surface area contributed by atoms with Gasteiger partial charge in [-0.1, -0.05) is 0 Å². The summed E-state index contributed by atoms with van der Waals surface area (Å²) < 4.78 is 26.9. The van der Waals surface area contributed by atoms with Crippen LogP contribution in [0.5, 0.6) is 0 Å². The third-order valence-electron chi connectivity index (χ3n) is 3.11. The van der Waals surface area contributed by atoms with Gasteiger partial charge in [0.05, 0.1) is 5.69 Å². The van der Waals surface area contributed by atoms with Crippen LogP contribution in [0.25, 0.3) is 0 Å². The number of rotatable bonds is 8. The Hall–Kier alpha value is -1.67. The highest BCUT2D eigenvalue weighted by molar-refractivity contribution is 7.89. The highest BCUT2D eigenvalue weighted by atomic mass is 32.2. The minimum Gasteiger partial charge on any atom is -0.384 e. The van der Waals surface area contributed by atoms with Gasteiger partial charge in [0.1, 0.15) is 4.90 Å². The number of amides is 1. The molecule has 7 nitrogen and oxygen atoms in total. The van der Waals surface area contributed by atoms with Crippen LogP contribution in [-0.4, -0.2) is 38.9 Å². The van der Waals surface area contributed by atoms with Crippen molar-refractivity contribution in [1.29, 1.82) is 0 Å². The van der Waals surface area contributed by atoms with Gasteiger partial charge in [0.2, 0.25) is 15.9 Å². The van der Waals surface area contributed by atoms with Crippen LogP contribution in [-0.2, 0) is 14.8 Å². The topological polar surface area (TPSA) is 100 Å². The number of sulfonamides is 1. The average molecular weight is 312 g/mol. The smallest absolute Gasteiger partial charge is 0.244 e. The van der Waals surface area contributed by atoms with Gasteiger partial charge in [-0.2, -0.15) is 0 Å². The van der Waals surface area contributed by atoms with E-state index in [4.69, 9.17) is 0 Å². The fourth-order valence-corrected chi connectivity index (χ4v) is 3.02. The standard InChI is InChI=1S/C13H20N4O3S/c1-2-15-11-5-6-14-9-12(11)21(19,20)17-8-7-16-13(18)10-3-4-10/h5-6,9-10,17H,2-4,7-8H2,1H3,(H,14,15)(H,16,18). The maximum Gasteiger partial charge on any atom is 0.244 e. The zero-order valence-corrected chi connectivity index (χ0v) is 12.7. The van der Waals surface area contributed by atoms with E-state index in [1.807, 2.05) is 6.92 Å². The highest BCUT2D eigenvalue weighted by Gasteiger charge is 2.29. The van der Waals surface area contributed by atoms with Crippen molar-refractivity contribution in [3.8, 4) is 0 Å². The Kier molecular flexibility index (Phi) is 5.13. The second-order valence-electron chi connectivity index (χ2n) is 4.87. The molecule has 0 unspecified atom stereocenters. The maximum atomic E-state index is 12.2. The van der Waals surface area contributed by atoms with E-state index in [9.17, 15) is 13.2 Å². The fraction of sp³-hybridized carbons (Fsp3) is 0.538. The van der Waals surface area contributed by atoms with Crippen LogP contribution in [0, 0.1) is 5.92 Å². The van der Waals surface area contributed by atoms with Gasteiger partial charge in [-0.15, -0.1) is 0 Å². The highest BCUT2D eigenvalue weighted by Crippen LogP contribution is 2.28. The van der Waals surface area contributed by atoms with Gasteiger partial charge in [0, 0.05) is 37.9 Å². The molecule has 1 heterocycles. The first-order chi connectivity index (χ1) is 10.0. The van der Waals surface area contributed by atoms with Gasteiger partial charge in [0.15, 0.2) is 0 Å². The summed E-state index contributed by atoms with van der Waals surface area (Å²) in [5.41, 5.74) is 0.516. The van der Waals surface area contributed by atoms with E-state index in [1.165, 1.54) is 12.4 Å². The number of anilines is 1. The van der Waals surface area contributed by atoms with Crippen molar-refractivity contribution in [2.45, 2.75) is 24.7 Å². The van der Waals surface area contributed by atoms with E-state index in [1.54, 1.807) is 6.07 Å². The van der Waals surface area contributed by atoms with E-state index in [0.29, 0.717) is 12.2 Å². The molecular weight excluding hydrogens is 292 g/mol. The van der Waals surface area contributed by atoms with Gasteiger partial charge in [-0.05, 0) is 25.8 Å². The average Bonchev–Trinajstić information content (AvgIpc) is 3.29. The number of hydrogen-bond donors (Lipinski definition) is 3. The number of aromatic nitrogens is 1. The number of nitrogens with zero attached hydrogens (tertiary/aromatic N) is 1. The summed E-state index contributed by atoms with van der Waals surface area (Å²) in [6.07, 6.45) is 4.70. The number of pyridine rings is 1. The lowest BCUT2D eigenvalue weighted by atomic mass is 10.4. The Morgan fingerprint density at radius 1 is 1.38 bits per heavy atom. The van der Waals surface area contributed by atoms with Crippen molar-refractivity contribution < 1.29 is 13.2 Å². The molecule has 0 spiro atoms. The molecule has 21 heavy (non-hydrogen) atoms. The van der Waals surface area contributed by atoms with Gasteiger partial charge in [-0.25, -0.2) is 13.1 Å². The fourth-order valence-electron chi connectivity index (χ4n) is 1.87. The summed E-state index contributed by atoms with van der Waals surface area (Å²) in [6.45, 7) is 2.94. The molecule has 0 aromatic carbocycles. The third kappa shape index (κ3) is 4.40. The first kappa shape index (κ1) is 15.7. The first-order valence-corrected chi connectivity index (χ1v) is 8.48. The summed E-state index contributed by atoms with van der Waals surface area (Å²) >= 11 is 0. The Morgan fingerprint density at radius 2 is 2.14 bits per heavy atom. The Balaban J connectivity index is 1.90. The lowest BCUT2D eigenvalue weighted by molar-refractivity contribution is -0.122. The predicted octanol–water partition coefficient (Wildman–Crippen LogP) is 0.318. The van der Waals surface area contributed by atoms with Crippen molar-refractivity contribution in [3.05, 3.63) is 18.5 Å². The van der Waals surface area contributed by atoms with Gasteiger partial charge in [-0.3, -0.25) is 9.78 Å². The molecule has 1 aromatic rings. The quantitative estimate of drug-likeness (QED) is 0.600. The SMILES string of the molecule is CCNc1ccncc1S(=O)(=O)NCCNC(=O)C1CC1. The monoisotopic (exact) mass is 312 g/mol. The van der Waals surface area contributed by atoms with Crippen molar-refractivity contribution in [2.24, 2.45) is 5.92 Å². The van der Waals surface area contributed by atoms with Gasteiger partial charge >= 0.3 is 0 Å². The molecule has 0 bridgehead atoms. The molecule has 3 N–H and O–H groups in total. The molecule has 0 aliphatic heterocycles. The molecule has 1 saturated carbocycles. The summed E-state index contributed by atoms with van der Waals surface area (Å²) in [5.74, 6) is 0.129. The summed E-state index contributed by atoms with van der Waals surface area (Å²) in [4.78, 5) is 15.4. The second-order valence-corrected chi connectivity index (χ2v) is 6.60. The number of carbonyl (C=O) groups excluding carboxylic acids is 1. The van der Waals surface area contributed by atoms with Crippen molar-refractivity contribution in [3.63, 3.8) is 0 Å². The Bertz CT molecular complexity index is 599. The van der Waals surface area contributed by atoms with Crippen LogP contribution in [0.1, 0.15) is 19.8 Å². The molecule has 1 amide bonds. The predicted molar refractivity (Wildman–Crippen MR) is 79.3 cm³/mol. The van der Waals surface area contributed by atoms with E-state index in [-0.39, 0.29) is 29.8 Å². The number of nitrogens with one attached hydrogen (secondary N) is 3. The van der Waals surface area contributed by atoms with Crippen LogP contribution in [0.4, 0.5) is 5.69 Å². The number of hydrogen-bond acceptors (Lipinski definition) is 5. The molecule has 1 aliphatic rings. The second kappa shape index (κ2) is 6.86. The van der Waals surface area contributed by atoms with E-state index in [2.05, 4.69) is 20.3 Å². The molecule has 0 atom stereocenters.